The van der Waals surface area contributed by atoms with E-state index in [0.717, 1.165) is 0 Å². The summed E-state index contributed by atoms with van der Waals surface area (Å²) in [5, 5.41) is 44.3. The van der Waals surface area contributed by atoms with Crippen molar-refractivity contribution in [2.45, 2.75) is 0 Å². The third kappa shape index (κ3) is 10.6. The average molecular weight is 582 g/mol. The summed E-state index contributed by atoms with van der Waals surface area (Å²) in [4.78, 5) is 56.2. The molecule has 0 atom stereocenters. The Bertz CT molecular complexity index is 721. The van der Waals surface area contributed by atoms with Crippen LogP contribution in [0.2, 0.25) is 25.1 Å². The molecule has 17 nitrogen and oxygen atoms in total. The molecule has 0 aliphatic carbocycles. The summed E-state index contributed by atoms with van der Waals surface area (Å²) < 4.78 is 0. The lowest BCUT2D eigenvalue weighted by Gasteiger charge is -2.28. The Balaban J connectivity index is 0.000000716. The summed E-state index contributed by atoms with van der Waals surface area (Å²) in [6.07, 6.45) is 0. The smallest absolute Gasteiger partial charge is 0.294 e. The first-order valence-corrected chi connectivity index (χ1v) is 9.32. The minimum Gasteiger partial charge on any atom is -0.505 e. The molecular weight excluding hydrogens is 573 g/mol. The van der Waals surface area contributed by atoms with Gasteiger partial charge in [-0.25, -0.2) is 0 Å². The number of nitrogens with zero attached hydrogens (tertiary/aromatic N) is 4. The van der Waals surface area contributed by atoms with Gasteiger partial charge in [0.2, 0.25) is 0 Å². The number of hydrogen-bond donors (Lipinski definition) is 1. The normalized spacial score (nSPS) is 10.3. The average Bonchev–Trinajstić information content (AvgIpc) is 2.74. The lowest BCUT2D eigenvalue weighted by Crippen LogP contribution is -2.43. The van der Waals surface area contributed by atoms with Crippen molar-refractivity contribution in [3.63, 3.8) is 0 Å². The first kappa shape index (κ1) is 30.3. The van der Waals surface area contributed by atoms with Crippen molar-refractivity contribution in [1.82, 2.24) is 0 Å². The van der Waals surface area contributed by atoms with Gasteiger partial charge in [-0.3, -0.25) is 0 Å². The van der Waals surface area contributed by atoms with E-state index in [1.807, 2.05) is 0 Å². The van der Waals surface area contributed by atoms with Crippen LogP contribution in [0.3, 0.4) is 0 Å². The summed E-state index contributed by atoms with van der Waals surface area (Å²) in [6, 6.07) is 0. The van der Waals surface area contributed by atoms with Gasteiger partial charge in [-0.15, -0.1) is 40.5 Å². The lowest BCUT2D eigenvalue weighted by molar-refractivity contribution is -0.792. The summed E-state index contributed by atoms with van der Waals surface area (Å²) >= 11 is 27.9. The van der Waals surface area contributed by atoms with Gasteiger partial charge < -0.3 is 24.5 Å². The highest BCUT2D eigenvalue weighted by Crippen LogP contribution is 2.47. The van der Waals surface area contributed by atoms with E-state index < -0.39 is 52.2 Å². The molecule has 1 rings (SSSR count). The number of hydrogen-bond acceptors (Lipinski definition) is 13. The highest BCUT2D eigenvalue weighted by molar-refractivity contribution is 6.55. The number of rotatable bonds is 12. The standard InChI is InChI=1S/C6HCl5O.C5H8N4O12/c7-1-2(8)4(10)6(12)5(11)3(1)9;10-6(11)18-1-5(2-19-7(12)13,3-20-8(14)15)4-21-9(16)17/h12H;1-4H2. The monoisotopic (exact) mass is 580 g/mol. The zero-order valence-corrected chi connectivity index (χ0v) is 19.1. The molecule has 1 aromatic rings. The van der Waals surface area contributed by atoms with E-state index in [9.17, 15) is 45.6 Å². The lowest BCUT2D eigenvalue weighted by atomic mass is 9.92. The summed E-state index contributed by atoms with van der Waals surface area (Å²) in [6.45, 7) is -4.13. The third-order valence-electron chi connectivity index (χ3n) is 3.09. The Morgan fingerprint density at radius 1 is 0.576 bits per heavy atom. The molecule has 0 radical (unpaired) electrons. The Morgan fingerprint density at radius 3 is 1.00 bits per heavy atom. The Kier molecular flexibility index (Phi) is 12.6. The number of phenolic OH excluding ortho intramolecular Hbond substituents is 1. The van der Waals surface area contributed by atoms with Crippen LogP contribution in [-0.4, -0.2) is 51.9 Å². The molecule has 1 aromatic carbocycles. The third-order valence-corrected chi connectivity index (χ3v) is 5.35. The Labute approximate surface area is 205 Å². The minimum atomic E-state index is -2.03. The number of aromatic hydroxyl groups is 1. The second kappa shape index (κ2) is 13.7. The fraction of sp³-hybridized carbons (Fsp3) is 0.455. The molecule has 0 aliphatic heterocycles. The predicted octanol–water partition coefficient (Wildman–Crippen LogP) is 3.47. The Morgan fingerprint density at radius 2 is 0.788 bits per heavy atom. The largest absolute Gasteiger partial charge is 0.505 e. The van der Waals surface area contributed by atoms with Crippen LogP contribution in [0.1, 0.15) is 0 Å². The second-order valence-corrected chi connectivity index (χ2v) is 7.30. The van der Waals surface area contributed by atoms with Crippen LogP contribution in [0.5, 0.6) is 5.75 Å². The molecule has 0 spiro atoms. The van der Waals surface area contributed by atoms with E-state index in [2.05, 4.69) is 19.4 Å². The molecule has 33 heavy (non-hydrogen) atoms. The van der Waals surface area contributed by atoms with Gasteiger partial charge >= 0.3 is 0 Å². The zero-order valence-electron chi connectivity index (χ0n) is 15.4. The summed E-state index contributed by atoms with van der Waals surface area (Å²) in [5.74, 6) is -0.363. The summed E-state index contributed by atoms with van der Waals surface area (Å²) in [5.41, 5.74) is -2.03. The molecule has 0 amide bonds. The fourth-order valence-electron chi connectivity index (χ4n) is 1.60. The molecule has 0 fully saturated rings. The van der Waals surface area contributed by atoms with E-state index in [1.165, 1.54) is 0 Å². The van der Waals surface area contributed by atoms with Crippen molar-refractivity contribution >= 4 is 58.0 Å². The van der Waals surface area contributed by atoms with Crippen LogP contribution in [0.4, 0.5) is 0 Å². The summed E-state index contributed by atoms with van der Waals surface area (Å²) in [7, 11) is 0. The van der Waals surface area contributed by atoms with E-state index >= 15 is 0 Å². The molecule has 0 unspecified atom stereocenters. The van der Waals surface area contributed by atoms with Gasteiger partial charge in [-0.1, -0.05) is 58.0 Å². The Hall–Kier alpha value is -2.73. The first-order valence-electron chi connectivity index (χ1n) is 7.43. The molecule has 0 saturated heterocycles. The molecule has 0 bridgehead atoms. The van der Waals surface area contributed by atoms with Crippen molar-refractivity contribution in [1.29, 1.82) is 0 Å². The molecule has 186 valence electrons. The van der Waals surface area contributed by atoms with Crippen molar-refractivity contribution in [3.8, 4) is 5.75 Å². The van der Waals surface area contributed by atoms with E-state index in [4.69, 9.17) is 58.0 Å². The number of phenols is 1. The second-order valence-electron chi connectivity index (χ2n) is 5.41. The highest BCUT2D eigenvalue weighted by atomic mass is 35.5. The van der Waals surface area contributed by atoms with Gasteiger partial charge in [-0.05, 0) is 0 Å². The van der Waals surface area contributed by atoms with E-state index in [0.29, 0.717) is 0 Å². The van der Waals surface area contributed by atoms with Crippen LogP contribution in [0, 0.1) is 45.9 Å². The van der Waals surface area contributed by atoms with Gasteiger partial charge in [0.25, 0.3) is 20.3 Å². The number of halogens is 5. The molecule has 0 heterocycles. The fourth-order valence-corrected chi connectivity index (χ4v) is 2.73. The van der Waals surface area contributed by atoms with E-state index in [1.54, 1.807) is 0 Å². The van der Waals surface area contributed by atoms with Crippen LogP contribution in [0.15, 0.2) is 0 Å². The van der Waals surface area contributed by atoms with Crippen LogP contribution in [-0.2, 0) is 19.4 Å². The minimum absolute atomic E-state index is 0.00904. The molecule has 0 aromatic heterocycles. The van der Waals surface area contributed by atoms with Crippen molar-refractivity contribution in [3.05, 3.63) is 65.6 Å². The van der Waals surface area contributed by atoms with Gasteiger partial charge in [0.05, 0.1) is 20.5 Å². The van der Waals surface area contributed by atoms with Crippen LogP contribution in [0.25, 0.3) is 0 Å². The van der Waals surface area contributed by atoms with Crippen molar-refractivity contribution in [2.75, 3.05) is 26.4 Å². The van der Waals surface area contributed by atoms with Gasteiger partial charge in [0.15, 0.2) is 5.75 Å². The molecule has 0 aliphatic rings. The molecule has 1 N–H and O–H groups in total. The van der Waals surface area contributed by atoms with Crippen LogP contribution >= 0.6 is 58.0 Å². The molecule has 0 saturated carbocycles. The molecular formula is C11H9Cl5N4O13. The first-order chi connectivity index (χ1) is 15.1. The topological polar surface area (TPSA) is 230 Å². The predicted molar refractivity (Wildman–Crippen MR) is 107 cm³/mol. The van der Waals surface area contributed by atoms with Gasteiger partial charge in [0.1, 0.15) is 36.5 Å². The van der Waals surface area contributed by atoms with Crippen LogP contribution < -0.4 is 0 Å². The van der Waals surface area contributed by atoms with E-state index in [-0.39, 0.29) is 30.9 Å². The zero-order chi connectivity index (χ0) is 25.9. The van der Waals surface area contributed by atoms with Gasteiger partial charge in [0, 0.05) is 0 Å². The van der Waals surface area contributed by atoms with Gasteiger partial charge in [-0.2, -0.15) is 0 Å². The quantitative estimate of drug-likeness (QED) is 0.161. The number of benzene rings is 1. The highest BCUT2D eigenvalue weighted by Gasteiger charge is 2.37. The maximum Gasteiger partial charge on any atom is 0.294 e. The van der Waals surface area contributed by atoms with Crippen molar-refractivity contribution < 1.29 is 44.8 Å². The maximum absolute atomic E-state index is 10.1. The maximum atomic E-state index is 10.1. The van der Waals surface area contributed by atoms with Crippen molar-refractivity contribution in [2.24, 2.45) is 5.41 Å². The SMILES string of the molecule is O=[N+]([O-])OCC(CO[N+](=O)[O-])(CO[N+](=O)[O-])CO[N+](=O)[O-].Oc1c(Cl)c(Cl)c(Cl)c(Cl)c1Cl. The molecule has 22 heteroatoms.